The van der Waals surface area contributed by atoms with E-state index in [1.807, 2.05) is 0 Å². The second kappa shape index (κ2) is 49.3. The molecule has 0 radical (unpaired) electrons. The summed E-state index contributed by atoms with van der Waals surface area (Å²) in [5.74, 6) is -0.0455. The highest BCUT2D eigenvalue weighted by Crippen LogP contribution is 2.16. The van der Waals surface area contributed by atoms with Gasteiger partial charge in [0.15, 0.2) is 0 Å². The molecule has 0 saturated heterocycles. The zero-order valence-electron chi connectivity index (χ0n) is 39.7. The molecule has 2 atom stereocenters. The van der Waals surface area contributed by atoms with Crippen molar-refractivity contribution in [3.05, 3.63) is 12.2 Å². The highest BCUT2D eigenvalue weighted by atomic mass is 16.5. The summed E-state index contributed by atoms with van der Waals surface area (Å²) >= 11 is 0. The molecule has 0 aromatic carbocycles. The Balaban J connectivity index is 3.44. The summed E-state index contributed by atoms with van der Waals surface area (Å²) in [7, 11) is 0. The third-order valence-electron chi connectivity index (χ3n) is 12.3. The van der Waals surface area contributed by atoms with Gasteiger partial charge in [0.1, 0.15) is 0 Å². The van der Waals surface area contributed by atoms with E-state index in [1.54, 1.807) is 0 Å². The molecule has 6 nitrogen and oxygen atoms in total. The topological polar surface area (TPSA) is 95.9 Å². The normalized spacial score (nSPS) is 12.7. The van der Waals surface area contributed by atoms with Crippen LogP contribution in [0.4, 0.5) is 0 Å². The number of amides is 1. The van der Waals surface area contributed by atoms with Gasteiger partial charge in [0, 0.05) is 12.8 Å². The van der Waals surface area contributed by atoms with Gasteiger partial charge in [-0.05, 0) is 51.4 Å². The molecule has 0 heterocycles. The number of allylic oxidation sites excluding steroid dienone is 2. The van der Waals surface area contributed by atoms with Crippen molar-refractivity contribution in [2.24, 2.45) is 0 Å². The van der Waals surface area contributed by atoms with Gasteiger partial charge in [0.2, 0.25) is 5.91 Å². The van der Waals surface area contributed by atoms with Crippen LogP contribution in [0.2, 0.25) is 0 Å². The predicted molar refractivity (Wildman–Crippen MR) is 255 cm³/mol. The van der Waals surface area contributed by atoms with E-state index < -0.39 is 12.1 Å². The van der Waals surface area contributed by atoms with Crippen molar-refractivity contribution >= 4 is 11.9 Å². The van der Waals surface area contributed by atoms with Crippen LogP contribution in [-0.4, -0.2) is 47.4 Å². The van der Waals surface area contributed by atoms with Crippen molar-refractivity contribution in [2.75, 3.05) is 13.2 Å². The number of aliphatic hydroxyl groups is 2. The van der Waals surface area contributed by atoms with E-state index in [9.17, 15) is 19.8 Å². The Morgan fingerprint density at radius 2 is 0.797 bits per heavy atom. The van der Waals surface area contributed by atoms with E-state index in [-0.39, 0.29) is 18.5 Å². The standard InChI is InChI=1S/C53H103NO5/c1-3-5-7-9-11-13-15-25-29-33-37-41-45-51(56)50(49-55)54-52(57)46-42-38-34-30-26-23-21-19-17-18-20-22-24-28-32-36-40-44-48-59-53(58)47-43-39-35-31-27-16-14-12-10-8-6-4-2/h19,21,50-51,55-56H,3-18,20,22-49H2,1-2H3,(H,54,57)/b21-19-. The zero-order chi connectivity index (χ0) is 43.0. The lowest BCUT2D eigenvalue weighted by molar-refractivity contribution is -0.143. The minimum atomic E-state index is -0.670. The maximum Gasteiger partial charge on any atom is 0.305 e. The Morgan fingerprint density at radius 1 is 0.458 bits per heavy atom. The number of nitrogens with one attached hydrogen (secondary N) is 1. The number of aliphatic hydroxyl groups excluding tert-OH is 2. The molecular formula is C53H103NO5. The minimum absolute atomic E-state index is 0.00370. The second-order valence-corrected chi connectivity index (χ2v) is 18.2. The number of hydrogen-bond acceptors (Lipinski definition) is 5. The monoisotopic (exact) mass is 834 g/mol. The Bertz CT molecular complexity index is 878. The zero-order valence-corrected chi connectivity index (χ0v) is 39.7. The SMILES string of the molecule is CCCCCCCCCCCCCCC(=O)OCCCCCCCCCCC/C=C\CCCCCCCC(=O)NC(CO)C(O)CCCCCCCCCCCCCC. The first kappa shape index (κ1) is 57.6. The van der Waals surface area contributed by atoms with Crippen LogP contribution in [0.25, 0.3) is 0 Å². The lowest BCUT2D eigenvalue weighted by atomic mass is 10.0. The van der Waals surface area contributed by atoms with Crippen LogP contribution < -0.4 is 5.32 Å². The predicted octanol–water partition coefficient (Wildman–Crippen LogP) is 15.7. The molecule has 0 aromatic heterocycles. The van der Waals surface area contributed by atoms with Crippen molar-refractivity contribution in [2.45, 2.75) is 302 Å². The molecular weight excluding hydrogens is 731 g/mol. The van der Waals surface area contributed by atoms with Crippen LogP contribution in [0.5, 0.6) is 0 Å². The summed E-state index contributed by atoms with van der Waals surface area (Å²) in [6, 6.07) is -0.549. The van der Waals surface area contributed by atoms with Gasteiger partial charge in [0.05, 0.1) is 25.4 Å². The molecule has 0 fully saturated rings. The van der Waals surface area contributed by atoms with Crippen molar-refractivity contribution in [3.8, 4) is 0 Å². The summed E-state index contributed by atoms with van der Waals surface area (Å²) in [4.78, 5) is 24.4. The van der Waals surface area contributed by atoms with Gasteiger partial charge in [-0.15, -0.1) is 0 Å². The fraction of sp³-hybridized carbons (Fsp3) is 0.925. The van der Waals surface area contributed by atoms with Crippen LogP contribution in [0, 0.1) is 0 Å². The molecule has 0 saturated carbocycles. The Morgan fingerprint density at radius 3 is 1.20 bits per heavy atom. The van der Waals surface area contributed by atoms with Crippen molar-refractivity contribution < 1.29 is 24.5 Å². The number of hydrogen-bond donors (Lipinski definition) is 3. The molecule has 59 heavy (non-hydrogen) atoms. The van der Waals surface area contributed by atoms with E-state index in [0.29, 0.717) is 25.9 Å². The number of esters is 1. The molecule has 3 N–H and O–H groups in total. The molecule has 2 unspecified atom stereocenters. The van der Waals surface area contributed by atoms with Crippen LogP contribution in [-0.2, 0) is 14.3 Å². The molecule has 1 amide bonds. The summed E-state index contributed by atoms with van der Waals surface area (Å²) in [5.41, 5.74) is 0. The molecule has 350 valence electrons. The van der Waals surface area contributed by atoms with E-state index in [2.05, 4.69) is 31.3 Å². The van der Waals surface area contributed by atoms with E-state index in [1.165, 1.54) is 199 Å². The molecule has 0 aliphatic heterocycles. The third-order valence-corrected chi connectivity index (χ3v) is 12.3. The van der Waals surface area contributed by atoms with Crippen LogP contribution in [0.1, 0.15) is 290 Å². The Labute approximate surface area is 368 Å². The van der Waals surface area contributed by atoms with Crippen molar-refractivity contribution in [1.29, 1.82) is 0 Å². The third kappa shape index (κ3) is 45.9. The molecule has 0 rings (SSSR count). The van der Waals surface area contributed by atoms with Gasteiger partial charge in [-0.25, -0.2) is 0 Å². The lowest BCUT2D eigenvalue weighted by Gasteiger charge is -2.22. The fourth-order valence-electron chi connectivity index (χ4n) is 8.22. The average molecular weight is 834 g/mol. The first-order valence-electron chi connectivity index (χ1n) is 26.4. The molecule has 0 bridgehead atoms. The van der Waals surface area contributed by atoms with Crippen LogP contribution in [0.3, 0.4) is 0 Å². The van der Waals surface area contributed by atoms with Crippen molar-refractivity contribution in [1.82, 2.24) is 5.32 Å². The molecule has 0 spiro atoms. The van der Waals surface area contributed by atoms with Gasteiger partial charge in [-0.3, -0.25) is 9.59 Å². The van der Waals surface area contributed by atoms with Gasteiger partial charge in [0.25, 0.3) is 0 Å². The maximum atomic E-state index is 12.4. The Hall–Kier alpha value is -1.40. The van der Waals surface area contributed by atoms with E-state index in [0.717, 1.165) is 57.8 Å². The average Bonchev–Trinajstić information content (AvgIpc) is 3.24. The highest BCUT2D eigenvalue weighted by molar-refractivity contribution is 5.76. The van der Waals surface area contributed by atoms with Crippen LogP contribution in [0.15, 0.2) is 12.2 Å². The van der Waals surface area contributed by atoms with Gasteiger partial charge < -0.3 is 20.3 Å². The largest absolute Gasteiger partial charge is 0.466 e. The second-order valence-electron chi connectivity index (χ2n) is 18.2. The number of ether oxygens (including phenoxy) is 1. The first-order valence-corrected chi connectivity index (χ1v) is 26.4. The summed E-state index contributed by atoms with van der Waals surface area (Å²) < 4.78 is 5.46. The van der Waals surface area contributed by atoms with Gasteiger partial charge in [-0.1, -0.05) is 238 Å². The molecule has 0 aliphatic carbocycles. The number of unbranched alkanes of at least 4 members (excludes halogenated alkanes) is 36. The summed E-state index contributed by atoms with van der Waals surface area (Å²) in [6.45, 7) is 4.93. The van der Waals surface area contributed by atoms with Gasteiger partial charge >= 0.3 is 5.97 Å². The molecule has 6 heteroatoms. The van der Waals surface area contributed by atoms with E-state index in [4.69, 9.17) is 4.74 Å². The van der Waals surface area contributed by atoms with E-state index >= 15 is 0 Å². The fourth-order valence-corrected chi connectivity index (χ4v) is 8.22. The number of carbonyl (C=O) groups is 2. The van der Waals surface area contributed by atoms with Crippen molar-refractivity contribution in [3.63, 3.8) is 0 Å². The van der Waals surface area contributed by atoms with Crippen LogP contribution >= 0.6 is 0 Å². The van der Waals surface area contributed by atoms with Gasteiger partial charge in [-0.2, -0.15) is 0 Å². The summed E-state index contributed by atoms with van der Waals surface area (Å²) in [6.07, 6.45) is 56.1. The number of rotatable bonds is 49. The Kier molecular flexibility index (Phi) is 48.1. The molecule has 0 aliphatic rings. The first-order chi connectivity index (χ1) is 29.0. The molecule has 0 aromatic rings. The quantitative estimate of drug-likeness (QED) is 0.0322. The lowest BCUT2D eigenvalue weighted by Crippen LogP contribution is -2.45. The number of carbonyl (C=O) groups excluding carboxylic acids is 2. The maximum absolute atomic E-state index is 12.4. The summed E-state index contributed by atoms with van der Waals surface area (Å²) in [5, 5.41) is 23.2. The smallest absolute Gasteiger partial charge is 0.305 e. The minimum Gasteiger partial charge on any atom is -0.466 e. The highest BCUT2D eigenvalue weighted by Gasteiger charge is 2.20.